The van der Waals surface area contributed by atoms with E-state index in [2.05, 4.69) is 92.7 Å². The number of fused-ring (bicyclic) bond motifs is 3. The van der Waals surface area contributed by atoms with Gasteiger partial charge in [-0.1, -0.05) is 80.6 Å². The molecular formula is C26H19N. The van der Waals surface area contributed by atoms with Crippen LogP contribution in [0.3, 0.4) is 0 Å². The Kier molecular flexibility index (Phi) is 2.74. The lowest BCUT2D eigenvalue weighted by molar-refractivity contribution is 0.662. The number of rotatable bonds is 1. The number of hydrogen-bond donors (Lipinski definition) is 0. The highest BCUT2D eigenvalue weighted by Gasteiger charge is 2.37. The standard InChI is InChI=1S/C26H19N/c1-26(2)21-11-4-3-8-18(21)19-9-6-10-20(25(19)26)23-15-17-14-13-16-7-5-12-22(27-23)24(16)17/h3-15H,1-2H3. The van der Waals surface area contributed by atoms with Gasteiger partial charge in [-0.05, 0) is 45.5 Å². The molecule has 0 unspecified atom stereocenters. The summed E-state index contributed by atoms with van der Waals surface area (Å²) in [5, 5.41) is 1.27. The molecule has 6 rings (SSSR count). The molecule has 128 valence electrons. The molecule has 2 aliphatic rings. The number of nitrogens with zero attached hydrogens (tertiary/aromatic N) is 1. The van der Waals surface area contributed by atoms with Crippen molar-refractivity contribution in [2.45, 2.75) is 19.3 Å². The van der Waals surface area contributed by atoms with E-state index in [1.807, 2.05) is 0 Å². The summed E-state index contributed by atoms with van der Waals surface area (Å²) >= 11 is 0. The van der Waals surface area contributed by atoms with Gasteiger partial charge in [0.05, 0.1) is 11.2 Å². The number of hydrogen-bond acceptors (Lipinski definition) is 1. The summed E-state index contributed by atoms with van der Waals surface area (Å²) in [5.41, 5.74) is 11.4. The van der Waals surface area contributed by atoms with Gasteiger partial charge < -0.3 is 0 Å². The Morgan fingerprint density at radius 3 is 2.37 bits per heavy atom. The average Bonchev–Trinajstić information content (AvgIpc) is 3.21. The van der Waals surface area contributed by atoms with Gasteiger partial charge in [-0.3, -0.25) is 0 Å². The molecule has 0 spiro atoms. The zero-order chi connectivity index (χ0) is 18.2. The van der Waals surface area contributed by atoms with Crippen LogP contribution < -0.4 is 0 Å². The molecule has 3 aromatic carbocycles. The summed E-state index contributed by atoms with van der Waals surface area (Å²) in [4.78, 5) is 5.07. The largest absolute Gasteiger partial charge is 0.248 e. The number of aromatic nitrogens is 1. The molecule has 2 aliphatic carbocycles. The van der Waals surface area contributed by atoms with Gasteiger partial charge in [0.2, 0.25) is 0 Å². The van der Waals surface area contributed by atoms with Gasteiger partial charge in [0.25, 0.3) is 0 Å². The van der Waals surface area contributed by atoms with E-state index in [-0.39, 0.29) is 5.41 Å². The molecule has 1 heterocycles. The number of benzene rings is 3. The van der Waals surface area contributed by atoms with Crippen LogP contribution in [0.15, 0.2) is 66.7 Å². The topological polar surface area (TPSA) is 12.9 Å². The lowest BCUT2D eigenvalue weighted by Crippen LogP contribution is -2.16. The fraction of sp³-hybridized carbons (Fsp3) is 0.115. The summed E-state index contributed by atoms with van der Waals surface area (Å²) in [6.07, 6.45) is 4.41. The Hall–Kier alpha value is -3.19. The van der Waals surface area contributed by atoms with Crippen molar-refractivity contribution < 1.29 is 0 Å². The smallest absolute Gasteiger partial charge is 0.0721 e. The van der Waals surface area contributed by atoms with Crippen molar-refractivity contribution in [3.8, 4) is 22.4 Å². The van der Waals surface area contributed by atoms with Crippen molar-refractivity contribution in [2.24, 2.45) is 0 Å². The highest BCUT2D eigenvalue weighted by Crippen LogP contribution is 2.52. The van der Waals surface area contributed by atoms with Crippen molar-refractivity contribution in [1.82, 2.24) is 4.98 Å². The molecule has 0 aliphatic heterocycles. The van der Waals surface area contributed by atoms with Gasteiger partial charge in [0.1, 0.15) is 0 Å². The summed E-state index contributed by atoms with van der Waals surface area (Å²) in [5.74, 6) is 0. The Morgan fingerprint density at radius 1 is 0.704 bits per heavy atom. The Morgan fingerprint density at radius 2 is 1.44 bits per heavy atom. The third-order valence-electron chi connectivity index (χ3n) is 6.19. The second-order valence-corrected chi connectivity index (χ2v) is 8.07. The van der Waals surface area contributed by atoms with Gasteiger partial charge in [-0.15, -0.1) is 0 Å². The van der Waals surface area contributed by atoms with E-state index in [0.29, 0.717) is 0 Å². The van der Waals surface area contributed by atoms with Crippen LogP contribution in [0.25, 0.3) is 45.4 Å². The second-order valence-electron chi connectivity index (χ2n) is 8.07. The van der Waals surface area contributed by atoms with Crippen LogP contribution in [-0.4, -0.2) is 4.98 Å². The van der Waals surface area contributed by atoms with Crippen LogP contribution >= 0.6 is 0 Å². The normalized spacial score (nSPS) is 15.2. The predicted octanol–water partition coefficient (Wildman–Crippen LogP) is 6.69. The maximum atomic E-state index is 5.07. The van der Waals surface area contributed by atoms with E-state index in [1.165, 1.54) is 44.3 Å². The average molecular weight is 345 g/mol. The Labute approximate surface area is 159 Å². The molecule has 0 bridgehead atoms. The quantitative estimate of drug-likeness (QED) is 0.330. The zero-order valence-corrected chi connectivity index (χ0v) is 15.5. The lowest BCUT2D eigenvalue weighted by atomic mass is 9.79. The highest BCUT2D eigenvalue weighted by atomic mass is 14.7. The van der Waals surface area contributed by atoms with Gasteiger partial charge in [-0.2, -0.15) is 0 Å². The van der Waals surface area contributed by atoms with Crippen LogP contribution in [0.1, 0.15) is 36.1 Å². The second kappa shape index (κ2) is 4.95. The van der Waals surface area contributed by atoms with Crippen molar-refractivity contribution in [2.75, 3.05) is 0 Å². The van der Waals surface area contributed by atoms with E-state index in [4.69, 9.17) is 4.98 Å². The first-order valence-corrected chi connectivity index (χ1v) is 9.50. The number of pyridine rings is 1. The molecule has 4 aromatic rings. The van der Waals surface area contributed by atoms with Crippen molar-refractivity contribution in [3.63, 3.8) is 0 Å². The maximum absolute atomic E-state index is 5.07. The third kappa shape index (κ3) is 1.86. The van der Waals surface area contributed by atoms with Gasteiger partial charge >= 0.3 is 0 Å². The molecule has 0 radical (unpaired) electrons. The van der Waals surface area contributed by atoms with Crippen LogP contribution in [0.2, 0.25) is 0 Å². The van der Waals surface area contributed by atoms with Crippen molar-refractivity contribution in [3.05, 3.63) is 89.0 Å². The van der Waals surface area contributed by atoms with E-state index in [0.717, 1.165) is 11.2 Å². The summed E-state index contributed by atoms with van der Waals surface area (Å²) in [6.45, 7) is 4.67. The molecular weight excluding hydrogens is 326 g/mol. The summed E-state index contributed by atoms with van der Waals surface area (Å²) in [7, 11) is 0. The first kappa shape index (κ1) is 14.9. The maximum Gasteiger partial charge on any atom is 0.0721 e. The van der Waals surface area contributed by atoms with E-state index in [1.54, 1.807) is 0 Å². The molecule has 27 heavy (non-hydrogen) atoms. The van der Waals surface area contributed by atoms with Crippen molar-refractivity contribution >= 4 is 23.1 Å². The fourth-order valence-electron chi connectivity index (χ4n) is 5.00. The van der Waals surface area contributed by atoms with Gasteiger partial charge in [0, 0.05) is 16.4 Å². The molecule has 0 saturated carbocycles. The van der Waals surface area contributed by atoms with E-state index < -0.39 is 0 Å². The molecule has 1 aromatic heterocycles. The summed E-state index contributed by atoms with van der Waals surface area (Å²) in [6, 6.07) is 24.1. The van der Waals surface area contributed by atoms with Crippen LogP contribution in [0.5, 0.6) is 0 Å². The van der Waals surface area contributed by atoms with Gasteiger partial charge in [0.15, 0.2) is 0 Å². The zero-order valence-electron chi connectivity index (χ0n) is 15.5. The van der Waals surface area contributed by atoms with Crippen molar-refractivity contribution in [1.29, 1.82) is 0 Å². The van der Waals surface area contributed by atoms with Crippen LogP contribution in [0.4, 0.5) is 0 Å². The molecule has 0 N–H and O–H groups in total. The minimum Gasteiger partial charge on any atom is -0.248 e. The van der Waals surface area contributed by atoms with Gasteiger partial charge in [-0.25, -0.2) is 4.98 Å². The molecule has 0 atom stereocenters. The monoisotopic (exact) mass is 345 g/mol. The highest BCUT2D eigenvalue weighted by molar-refractivity contribution is 6.04. The molecule has 1 heteroatoms. The molecule has 0 amide bonds. The fourth-order valence-corrected chi connectivity index (χ4v) is 5.00. The SMILES string of the molecule is CC1(C)c2ccccc2-c2cccc(-c3cc4c5c(cccc5n3)C=C4)c21. The van der Waals surface area contributed by atoms with E-state index in [9.17, 15) is 0 Å². The van der Waals surface area contributed by atoms with Crippen LogP contribution in [0, 0.1) is 0 Å². The first-order chi connectivity index (χ1) is 13.1. The summed E-state index contributed by atoms with van der Waals surface area (Å²) < 4.78 is 0. The molecule has 0 fully saturated rings. The third-order valence-corrected chi connectivity index (χ3v) is 6.19. The minimum atomic E-state index is -0.0306. The molecule has 1 nitrogen and oxygen atoms in total. The Bertz CT molecular complexity index is 1290. The Balaban J connectivity index is 1.67. The minimum absolute atomic E-state index is 0.0306. The van der Waals surface area contributed by atoms with E-state index >= 15 is 0 Å². The van der Waals surface area contributed by atoms with Crippen LogP contribution in [-0.2, 0) is 5.41 Å². The first-order valence-electron chi connectivity index (χ1n) is 9.50. The predicted molar refractivity (Wildman–Crippen MR) is 114 cm³/mol. The lowest BCUT2D eigenvalue weighted by Gasteiger charge is -2.24. The molecule has 0 saturated heterocycles.